The first kappa shape index (κ1) is 16.9. The smallest absolute Gasteiger partial charge is 0.230 e. The van der Waals surface area contributed by atoms with Gasteiger partial charge in [0.05, 0.1) is 4.88 Å². The van der Waals surface area contributed by atoms with E-state index in [9.17, 15) is 9.18 Å². The molecule has 0 saturated carbocycles. The molecule has 6 nitrogen and oxygen atoms in total. The number of anilines is 1. The van der Waals surface area contributed by atoms with Crippen LogP contribution in [-0.2, 0) is 17.8 Å². The lowest BCUT2D eigenvalue weighted by molar-refractivity contribution is -0.114. The van der Waals surface area contributed by atoms with Crippen LogP contribution in [-0.4, -0.2) is 38.8 Å². The van der Waals surface area contributed by atoms with E-state index in [1.165, 1.54) is 18.3 Å². The molecule has 2 aromatic heterocycles. The number of aromatic nitrogens is 3. The topological polar surface area (TPSA) is 71.0 Å². The predicted octanol–water partition coefficient (Wildman–Crippen LogP) is 2.40. The summed E-state index contributed by atoms with van der Waals surface area (Å²) in [7, 11) is 0. The summed E-state index contributed by atoms with van der Waals surface area (Å²) in [4.78, 5) is 26.0. The van der Waals surface area contributed by atoms with E-state index in [0.29, 0.717) is 22.5 Å². The Kier molecular flexibility index (Phi) is 5.15. The zero-order valence-corrected chi connectivity index (χ0v) is 14.6. The molecule has 1 N–H and O–H groups in total. The summed E-state index contributed by atoms with van der Waals surface area (Å²) in [5.41, 5.74) is 2.04. The van der Waals surface area contributed by atoms with Gasteiger partial charge >= 0.3 is 0 Å². The number of nitrogens with one attached hydrogen (secondary N) is 1. The second-order valence-corrected chi connectivity index (χ2v) is 7.24. The number of halogens is 1. The molecule has 1 aliphatic heterocycles. The van der Waals surface area contributed by atoms with Crippen LogP contribution in [0.25, 0.3) is 0 Å². The number of aryl methyl sites for hydroxylation is 1. The van der Waals surface area contributed by atoms with Gasteiger partial charge in [-0.3, -0.25) is 9.69 Å². The molecular weight excluding hydrogens is 329 g/mol. The summed E-state index contributed by atoms with van der Waals surface area (Å²) in [6, 6.07) is 2.02. The van der Waals surface area contributed by atoms with E-state index >= 15 is 0 Å². The van der Waals surface area contributed by atoms with Crippen LogP contribution in [0.2, 0.25) is 0 Å². The van der Waals surface area contributed by atoms with E-state index in [2.05, 4.69) is 25.2 Å². The van der Waals surface area contributed by atoms with E-state index in [1.54, 1.807) is 6.33 Å². The standard InChI is InChI=1S/C16H20FN5OS/c1-10-5-13(19-9-18-10)6-12-3-4-22(7-12)8-14-15(17)21-16(24-14)20-11(2)23/h5,9,12H,3-4,6-8H2,1-2H3,(H,20,21,23)/t12-/m0/s1. The minimum absolute atomic E-state index is 0.239. The van der Waals surface area contributed by atoms with Crippen LogP contribution in [0.5, 0.6) is 0 Å². The summed E-state index contributed by atoms with van der Waals surface area (Å²) >= 11 is 1.20. The van der Waals surface area contributed by atoms with Gasteiger partial charge in [0.1, 0.15) is 6.33 Å². The van der Waals surface area contributed by atoms with E-state index in [1.807, 2.05) is 13.0 Å². The van der Waals surface area contributed by atoms with Crippen LogP contribution in [0.15, 0.2) is 12.4 Å². The summed E-state index contributed by atoms with van der Waals surface area (Å²) in [5, 5.41) is 2.85. The third kappa shape index (κ3) is 4.33. The average Bonchev–Trinajstić information content (AvgIpc) is 3.06. The van der Waals surface area contributed by atoms with Crippen LogP contribution in [0.4, 0.5) is 9.52 Å². The number of carbonyl (C=O) groups excluding carboxylic acids is 1. The lowest BCUT2D eigenvalue weighted by Crippen LogP contribution is -2.20. The van der Waals surface area contributed by atoms with Crippen molar-refractivity contribution in [1.82, 2.24) is 19.9 Å². The Morgan fingerprint density at radius 1 is 1.50 bits per heavy atom. The number of hydrogen-bond acceptors (Lipinski definition) is 6. The molecule has 1 aliphatic rings. The third-order valence-electron chi connectivity index (χ3n) is 4.03. The fourth-order valence-electron chi connectivity index (χ4n) is 2.98. The molecule has 0 unspecified atom stereocenters. The number of amides is 1. The van der Waals surface area contributed by atoms with Gasteiger partial charge in [-0.25, -0.2) is 9.97 Å². The largest absolute Gasteiger partial charge is 0.302 e. The number of likely N-dealkylation sites (tertiary alicyclic amines) is 1. The van der Waals surface area contributed by atoms with Gasteiger partial charge in [0.25, 0.3) is 0 Å². The lowest BCUT2D eigenvalue weighted by Gasteiger charge is -2.14. The Labute approximate surface area is 144 Å². The molecule has 0 spiro atoms. The van der Waals surface area contributed by atoms with Crippen molar-refractivity contribution in [3.8, 4) is 0 Å². The summed E-state index contributed by atoms with van der Waals surface area (Å²) in [6.45, 7) is 5.73. The van der Waals surface area contributed by atoms with Crippen molar-refractivity contribution in [2.24, 2.45) is 5.92 Å². The summed E-state index contributed by atoms with van der Waals surface area (Å²) in [6.07, 6.45) is 3.60. The number of rotatable bonds is 5. The maximum absolute atomic E-state index is 13.9. The molecule has 0 aromatic carbocycles. The predicted molar refractivity (Wildman–Crippen MR) is 90.2 cm³/mol. The molecular formula is C16H20FN5OS. The first-order chi connectivity index (χ1) is 11.5. The SMILES string of the molecule is CC(=O)Nc1nc(F)c(CN2CC[C@@H](Cc3cc(C)ncn3)C2)s1. The quantitative estimate of drug-likeness (QED) is 0.897. The van der Waals surface area contributed by atoms with Crippen LogP contribution in [0, 0.1) is 18.8 Å². The van der Waals surface area contributed by atoms with Crippen LogP contribution in [0.1, 0.15) is 29.6 Å². The summed E-state index contributed by atoms with van der Waals surface area (Å²) < 4.78 is 13.9. The maximum Gasteiger partial charge on any atom is 0.230 e. The van der Waals surface area contributed by atoms with Gasteiger partial charge in [-0.2, -0.15) is 9.37 Å². The highest BCUT2D eigenvalue weighted by Gasteiger charge is 2.25. The summed E-state index contributed by atoms with van der Waals surface area (Å²) in [5.74, 6) is -0.208. The van der Waals surface area contributed by atoms with Crippen molar-refractivity contribution >= 4 is 22.4 Å². The van der Waals surface area contributed by atoms with Gasteiger partial charge in [-0.05, 0) is 38.3 Å². The van der Waals surface area contributed by atoms with Crippen molar-refractivity contribution in [3.63, 3.8) is 0 Å². The number of nitrogens with zero attached hydrogens (tertiary/aromatic N) is 4. The molecule has 1 amide bonds. The van der Waals surface area contributed by atoms with Gasteiger partial charge in [0.2, 0.25) is 11.9 Å². The minimum atomic E-state index is -0.487. The van der Waals surface area contributed by atoms with E-state index in [-0.39, 0.29) is 5.91 Å². The zero-order chi connectivity index (χ0) is 17.1. The van der Waals surface area contributed by atoms with Crippen LogP contribution >= 0.6 is 11.3 Å². The van der Waals surface area contributed by atoms with Crippen molar-refractivity contribution in [3.05, 3.63) is 34.6 Å². The zero-order valence-electron chi connectivity index (χ0n) is 13.8. The monoisotopic (exact) mass is 349 g/mol. The van der Waals surface area contributed by atoms with Crippen LogP contribution < -0.4 is 5.32 Å². The van der Waals surface area contributed by atoms with Gasteiger partial charge in [0.15, 0.2) is 5.13 Å². The second kappa shape index (κ2) is 7.31. The van der Waals surface area contributed by atoms with Crippen molar-refractivity contribution in [2.75, 3.05) is 18.4 Å². The maximum atomic E-state index is 13.9. The normalized spacial score (nSPS) is 18.0. The van der Waals surface area contributed by atoms with E-state index in [0.717, 1.165) is 37.3 Å². The highest BCUT2D eigenvalue weighted by Crippen LogP contribution is 2.27. The Balaban J connectivity index is 1.56. The molecule has 3 heterocycles. The molecule has 1 fully saturated rings. The second-order valence-electron chi connectivity index (χ2n) is 6.16. The van der Waals surface area contributed by atoms with E-state index in [4.69, 9.17) is 0 Å². The molecule has 3 rings (SSSR count). The van der Waals surface area contributed by atoms with Gasteiger partial charge in [-0.1, -0.05) is 11.3 Å². The van der Waals surface area contributed by atoms with Crippen molar-refractivity contribution in [2.45, 2.75) is 33.2 Å². The Hall–Kier alpha value is -1.93. The molecule has 8 heteroatoms. The molecule has 2 aromatic rings. The average molecular weight is 349 g/mol. The first-order valence-corrected chi connectivity index (χ1v) is 8.74. The molecule has 128 valence electrons. The highest BCUT2D eigenvalue weighted by atomic mass is 32.1. The molecule has 0 aliphatic carbocycles. The number of hydrogen-bond donors (Lipinski definition) is 1. The molecule has 1 atom stereocenters. The van der Waals surface area contributed by atoms with Gasteiger partial charge in [-0.15, -0.1) is 0 Å². The van der Waals surface area contributed by atoms with Gasteiger partial charge in [0, 0.05) is 31.4 Å². The molecule has 0 radical (unpaired) electrons. The third-order valence-corrected chi connectivity index (χ3v) is 4.96. The minimum Gasteiger partial charge on any atom is -0.302 e. The fraction of sp³-hybridized carbons (Fsp3) is 0.500. The van der Waals surface area contributed by atoms with E-state index < -0.39 is 5.95 Å². The van der Waals surface area contributed by atoms with Crippen LogP contribution in [0.3, 0.4) is 0 Å². The first-order valence-electron chi connectivity index (χ1n) is 7.92. The fourth-order valence-corrected chi connectivity index (χ4v) is 3.91. The number of thiazole rings is 1. The highest BCUT2D eigenvalue weighted by molar-refractivity contribution is 7.15. The molecule has 1 saturated heterocycles. The van der Waals surface area contributed by atoms with Crippen molar-refractivity contribution < 1.29 is 9.18 Å². The van der Waals surface area contributed by atoms with Gasteiger partial charge < -0.3 is 5.32 Å². The molecule has 24 heavy (non-hydrogen) atoms. The van der Waals surface area contributed by atoms with Crippen molar-refractivity contribution in [1.29, 1.82) is 0 Å². The molecule has 0 bridgehead atoms. The Morgan fingerprint density at radius 2 is 2.33 bits per heavy atom. The Morgan fingerprint density at radius 3 is 3.08 bits per heavy atom. The lowest BCUT2D eigenvalue weighted by atomic mass is 10.0. The number of carbonyl (C=O) groups is 1. The Bertz CT molecular complexity index is 735.